The number of likely N-dealkylation sites (N-methyl/N-ethyl adjacent to an activating group) is 1. The van der Waals surface area contributed by atoms with Crippen LogP contribution in [0.15, 0.2) is 48.5 Å². The van der Waals surface area contributed by atoms with Gasteiger partial charge in [0, 0.05) is 12.7 Å². The first-order valence-electron chi connectivity index (χ1n) is 8.94. The zero-order chi connectivity index (χ0) is 19.6. The first kappa shape index (κ1) is 20.3. The number of ether oxygens (including phenoxy) is 2. The van der Waals surface area contributed by atoms with Crippen molar-refractivity contribution in [3.05, 3.63) is 54.1 Å². The highest BCUT2D eigenvalue weighted by atomic mass is 16.5. The molecule has 0 unspecified atom stereocenters. The van der Waals surface area contributed by atoms with Crippen LogP contribution in [0.1, 0.15) is 18.9 Å². The van der Waals surface area contributed by atoms with Crippen LogP contribution in [0.25, 0.3) is 0 Å². The van der Waals surface area contributed by atoms with Crippen molar-refractivity contribution in [3.8, 4) is 11.5 Å². The smallest absolute Gasteiger partial charge is 0.260 e. The molecular weight excluding hydrogens is 344 g/mol. The van der Waals surface area contributed by atoms with E-state index < -0.39 is 0 Å². The first-order chi connectivity index (χ1) is 13.0. The molecule has 0 bridgehead atoms. The lowest BCUT2D eigenvalue weighted by molar-refractivity contribution is -0.135. The number of para-hydroxylation sites is 2. The molecule has 0 aliphatic carbocycles. The molecule has 0 atom stereocenters. The lowest BCUT2D eigenvalue weighted by Gasteiger charge is -2.18. The second-order valence-electron chi connectivity index (χ2n) is 6.25. The first-order valence-corrected chi connectivity index (χ1v) is 8.94. The van der Waals surface area contributed by atoms with Gasteiger partial charge in [0.25, 0.3) is 5.91 Å². The predicted molar refractivity (Wildman–Crippen MR) is 105 cm³/mol. The molecule has 0 spiro atoms. The van der Waals surface area contributed by atoms with E-state index in [1.54, 1.807) is 19.2 Å². The number of amides is 2. The molecule has 0 aliphatic heterocycles. The van der Waals surface area contributed by atoms with Gasteiger partial charge in [-0.05, 0) is 37.6 Å². The Labute approximate surface area is 160 Å². The number of hydrogen-bond donors (Lipinski definition) is 1. The summed E-state index contributed by atoms with van der Waals surface area (Å²) >= 11 is 0. The van der Waals surface area contributed by atoms with Gasteiger partial charge >= 0.3 is 0 Å². The van der Waals surface area contributed by atoms with Gasteiger partial charge in [-0.15, -0.1) is 0 Å². The summed E-state index contributed by atoms with van der Waals surface area (Å²) in [5.74, 6) is 0.560. The SMILES string of the molecule is CCCOc1ccccc1OCC(=O)N(C)CC(=O)Nc1ccc(C)cc1. The summed E-state index contributed by atoms with van der Waals surface area (Å²) < 4.78 is 11.2. The fourth-order valence-electron chi connectivity index (χ4n) is 2.29. The quantitative estimate of drug-likeness (QED) is 0.736. The molecule has 2 rings (SSSR count). The van der Waals surface area contributed by atoms with E-state index in [-0.39, 0.29) is 25.0 Å². The Kier molecular flexibility index (Phi) is 7.67. The van der Waals surface area contributed by atoms with Gasteiger partial charge in [-0.2, -0.15) is 0 Å². The van der Waals surface area contributed by atoms with E-state index in [0.29, 0.717) is 23.8 Å². The molecule has 6 nitrogen and oxygen atoms in total. The number of rotatable bonds is 9. The lowest BCUT2D eigenvalue weighted by atomic mass is 10.2. The van der Waals surface area contributed by atoms with Crippen molar-refractivity contribution in [2.75, 3.05) is 32.1 Å². The molecule has 0 saturated carbocycles. The maximum absolute atomic E-state index is 12.3. The van der Waals surface area contributed by atoms with Gasteiger partial charge in [0.2, 0.25) is 5.91 Å². The number of benzene rings is 2. The standard InChI is InChI=1S/C21H26N2O4/c1-4-13-26-18-7-5-6-8-19(18)27-15-21(25)23(3)14-20(24)22-17-11-9-16(2)10-12-17/h5-12H,4,13-15H2,1-3H3,(H,22,24). The number of nitrogens with one attached hydrogen (secondary N) is 1. The van der Waals surface area contributed by atoms with Crippen molar-refractivity contribution in [1.82, 2.24) is 4.90 Å². The molecule has 0 heterocycles. The third-order valence-corrected chi connectivity index (χ3v) is 3.80. The normalized spacial score (nSPS) is 10.2. The van der Waals surface area contributed by atoms with Crippen molar-refractivity contribution < 1.29 is 19.1 Å². The third kappa shape index (κ3) is 6.66. The highest BCUT2D eigenvalue weighted by molar-refractivity contribution is 5.94. The van der Waals surface area contributed by atoms with E-state index in [9.17, 15) is 9.59 Å². The van der Waals surface area contributed by atoms with E-state index in [0.717, 1.165) is 12.0 Å². The number of anilines is 1. The second kappa shape index (κ2) is 10.2. The Hall–Kier alpha value is -3.02. The lowest BCUT2D eigenvalue weighted by Crippen LogP contribution is -2.37. The molecule has 0 saturated heterocycles. The summed E-state index contributed by atoms with van der Waals surface area (Å²) in [5, 5.41) is 2.77. The van der Waals surface area contributed by atoms with Gasteiger partial charge in [-0.25, -0.2) is 0 Å². The van der Waals surface area contributed by atoms with Crippen LogP contribution in [0.4, 0.5) is 5.69 Å². The highest BCUT2D eigenvalue weighted by Gasteiger charge is 2.15. The Bertz CT molecular complexity index is 759. The number of hydrogen-bond acceptors (Lipinski definition) is 4. The molecule has 0 aromatic heterocycles. The topological polar surface area (TPSA) is 67.9 Å². The predicted octanol–water partition coefficient (Wildman–Crippen LogP) is 3.26. The Balaban J connectivity index is 1.83. The molecular formula is C21H26N2O4. The minimum Gasteiger partial charge on any atom is -0.490 e. The zero-order valence-corrected chi connectivity index (χ0v) is 16.0. The summed E-state index contributed by atoms with van der Waals surface area (Å²) in [7, 11) is 1.57. The van der Waals surface area contributed by atoms with E-state index in [2.05, 4.69) is 5.32 Å². The second-order valence-corrected chi connectivity index (χ2v) is 6.25. The molecule has 27 heavy (non-hydrogen) atoms. The minimum absolute atomic E-state index is 0.0515. The molecule has 2 amide bonds. The van der Waals surface area contributed by atoms with Gasteiger partial charge in [0.05, 0.1) is 13.2 Å². The Morgan fingerprint density at radius 2 is 1.63 bits per heavy atom. The van der Waals surface area contributed by atoms with Crippen molar-refractivity contribution >= 4 is 17.5 Å². The van der Waals surface area contributed by atoms with Crippen LogP contribution < -0.4 is 14.8 Å². The molecule has 6 heteroatoms. The van der Waals surface area contributed by atoms with Crippen molar-refractivity contribution in [2.45, 2.75) is 20.3 Å². The van der Waals surface area contributed by atoms with Crippen LogP contribution in [0, 0.1) is 6.92 Å². The fourth-order valence-corrected chi connectivity index (χ4v) is 2.29. The molecule has 144 valence electrons. The van der Waals surface area contributed by atoms with Gasteiger partial charge in [-0.3, -0.25) is 9.59 Å². The summed E-state index contributed by atoms with van der Waals surface area (Å²) in [5.41, 5.74) is 1.81. The maximum atomic E-state index is 12.3. The van der Waals surface area contributed by atoms with Gasteiger partial charge in [0.15, 0.2) is 18.1 Å². The summed E-state index contributed by atoms with van der Waals surface area (Å²) in [6.07, 6.45) is 0.881. The van der Waals surface area contributed by atoms with Crippen LogP contribution in [-0.2, 0) is 9.59 Å². The van der Waals surface area contributed by atoms with Crippen LogP contribution in [-0.4, -0.2) is 43.5 Å². The monoisotopic (exact) mass is 370 g/mol. The molecule has 0 radical (unpaired) electrons. The van der Waals surface area contributed by atoms with Gasteiger partial charge in [0.1, 0.15) is 0 Å². The summed E-state index contributed by atoms with van der Waals surface area (Å²) in [6.45, 7) is 4.35. The third-order valence-electron chi connectivity index (χ3n) is 3.80. The van der Waals surface area contributed by atoms with Crippen molar-refractivity contribution in [2.24, 2.45) is 0 Å². The van der Waals surface area contributed by atoms with E-state index in [1.807, 2.05) is 50.2 Å². The summed E-state index contributed by atoms with van der Waals surface area (Å²) in [4.78, 5) is 25.7. The molecule has 2 aromatic carbocycles. The molecule has 1 N–H and O–H groups in total. The van der Waals surface area contributed by atoms with E-state index in [1.165, 1.54) is 4.90 Å². The summed E-state index contributed by atoms with van der Waals surface area (Å²) in [6, 6.07) is 14.7. The van der Waals surface area contributed by atoms with Crippen LogP contribution in [0.2, 0.25) is 0 Å². The average molecular weight is 370 g/mol. The number of carbonyl (C=O) groups is 2. The average Bonchev–Trinajstić information content (AvgIpc) is 2.66. The van der Waals surface area contributed by atoms with E-state index in [4.69, 9.17) is 9.47 Å². The molecule has 2 aromatic rings. The zero-order valence-electron chi connectivity index (χ0n) is 16.0. The van der Waals surface area contributed by atoms with Crippen LogP contribution in [0.5, 0.6) is 11.5 Å². The Morgan fingerprint density at radius 3 is 2.26 bits per heavy atom. The number of aryl methyl sites for hydroxylation is 1. The minimum atomic E-state index is -0.292. The van der Waals surface area contributed by atoms with E-state index >= 15 is 0 Å². The van der Waals surface area contributed by atoms with Gasteiger partial charge in [-0.1, -0.05) is 36.8 Å². The fraction of sp³-hybridized carbons (Fsp3) is 0.333. The van der Waals surface area contributed by atoms with Crippen molar-refractivity contribution in [3.63, 3.8) is 0 Å². The van der Waals surface area contributed by atoms with Crippen LogP contribution >= 0.6 is 0 Å². The van der Waals surface area contributed by atoms with Gasteiger partial charge < -0.3 is 19.7 Å². The highest BCUT2D eigenvalue weighted by Crippen LogP contribution is 2.26. The maximum Gasteiger partial charge on any atom is 0.260 e. The van der Waals surface area contributed by atoms with Crippen LogP contribution in [0.3, 0.4) is 0 Å². The Morgan fingerprint density at radius 1 is 1.00 bits per heavy atom. The number of carbonyl (C=O) groups excluding carboxylic acids is 2. The molecule has 0 aliphatic rings. The largest absolute Gasteiger partial charge is 0.490 e. The molecule has 0 fully saturated rings. The van der Waals surface area contributed by atoms with Crippen molar-refractivity contribution in [1.29, 1.82) is 0 Å². The number of nitrogens with zero attached hydrogens (tertiary/aromatic N) is 1.